The number of cyclic esters (lactones) is 2. The highest BCUT2D eigenvalue weighted by Gasteiger charge is 2.23. The van der Waals surface area contributed by atoms with Gasteiger partial charge in [0.1, 0.15) is 0 Å². The minimum absolute atomic E-state index is 0.00354. The molecule has 0 spiro atoms. The van der Waals surface area contributed by atoms with Crippen LogP contribution in [-0.2, 0) is 19.1 Å². The Morgan fingerprint density at radius 3 is 2.00 bits per heavy atom. The molecule has 0 saturated carbocycles. The summed E-state index contributed by atoms with van der Waals surface area (Å²) in [5, 5.41) is 17.8. The highest BCUT2D eigenvalue weighted by molar-refractivity contribution is 6.05. The number of carboxylic acids is 2. The molecule has 0 atom stereocenters. The lowest BCUT2D eigenvalue weighted by Crippen LogP contribution is -2.15. The van der Waals surface area contributed by atoms with Crippen molar-refractivity contribution in [3.63, 3.8) is 0 Å². The molecule has 2 rings (SSSR count). The van der Waals surface area contributed by atoms with Crippen LogP contribution in [0.25, 0.3) is 12.2 Å². The van der Waals surface area contributed by atoms with E-state index in [4.69, 9.17) is 19.7 Å². The van der Waals surface area contributed by atoms with Gasteiger partial charge in [0.2, 0.25) is 0 Å². The summed E-state index contributed by atoms with van der Waals surface area (Å²) in [4.78, 5) is 47.0. The van der Waals surface area contributed by atoms with Crippen molar-refractivity contribution in [1.29, 1.82) is 0 Å². The monoisotopic (exact) mass is 388 g/mol. The molecule has 2 N–H and O–H groups in total. The molecule has 0 aliphatic carbocycles. The minimum Gasteiger partial charge on any atom is -0.478 e. The molecule has 0 saturated heterocycles. The maximum atomic E-state index is 12.7. The van der Waals surface area contributed by atoms with Crippen LogP contribution < -0.4 is 0 Å². The molecular weight excluding hydrogens is 368 g/mol. The van der Waals surface area contributed by atoms with Gasteiger partial charge < -0.3 is 19.7 Å². The fraction of sp³-hybridized carbons (Fsp3) is 0.300. The summed E-state index contributed by atoms with van der Waals surface area (Å²) in [6, 6.07) is 2.76. The lowest BCUT2D eigenvalue weighted by atomic mass is 9.94. The molecular formula is C20H20O8. The number of carbonyl (C=O) groups excluding carboxylic acids is 2. The van der Waals surface area contributed by atoms with Crippen LogP contribution in [0.4, 0.5) is 0 Å². The molecule has 1 aromatic rings. The Bertz CT molecular complexity index is 835. The molecule has 1 aliphatic rings. The number of rotatable bonds is 4. The standard InChI is InChI=1S/C20H20O8/c21-16(22)9-6-13-5-7-15-14(8-10-17(23)24)18(13)20(26)28-12-4-2-1-3-11-27-19(15)25/h5-10H,1-4,11-12H2,(H,21,22)(H,23,24). The maximum Gasteiger partial charge on any atom is 0.339 e. The van der Waals surface area contributed by atoms with Crippen molar-refractivity contribution in [1.82, 2.24) is 0 Å². The number of benzene rings is 1. The lowest BCUT2D eigenvalue weighted by molar-refractivity contribution is -0.132. The van der Waals surface area contributed by atoms with Gasteiger partial charge in [-0.3, -0.25) is 0 Å². The molecule has 8 heteroatoms. The van der Waals surface area contributed by atoms with Crippen LogP contribution in [0, 0.1) is 0 Å². The van der Waals surface area contributed by atoms with E-state index in [9.17, 15) is 19.2 Å². The Kier molecular flexibility index (Phi) is 7.50. The highest BCUT2D eigenvalue weighted by Crippen LogP contribution is 2.25. The first kappa shape index (κ1) is 20.9. The van der Waals surface area contributed by atoms with Crippen LogP contribution in [0.5, 0.6) is 0 Å². The van der Waals surface area contributed by atoms with Crippen LogP contribution in [0.15, 0.2) is 24.3 Å². The van der Waals surface area contributed by atoms with Crippen LogP contribution in [0.1, 0.15) is 57.5 Å². The van der Waals surface area contributed by atoms with Gasteiger partial charge >= 0.3 is 23.9 Å². The Hall–Kier alpha value is -3.42. The molecule has 1 aliphatic heterocycles. The first-order valence-corrected chi connectivity index (χ1v) is 8.73. The van der Waals surface area contributed by atoms with E-state index in [-0.39, 0.29) is 35.5 Å². The van der Waals surface area contributed by atoms with Gasteiger partial charge in [0.25, 0.3) is 0 Å². The summed E-state index contributed by atoms with van der Waals surface area (Å²) in [5.74, 6) is -3.98. The summed E-state index contributed by atoms with van der Waals surface area (Å²) in [6.45, 7) is 0.355. The fourth-order valence-corrected chi connectivity index (χ4v) is 2.71. The third kappa shape index (κ3) is 5.80. The van der Waals surface area contributed by atoms with Crippen LogP contribution >= 0.6 is 0 Å². The second kappa shape index (κ2) is 10.1. The lowest BCUT2D eigenvalue weighted by Gasteiger charge is -2.14. The Morgan fingerprint density at radius 2 is 1.39 bits per heavy atom. The van der Waals surface area contributed by atoms with E-state index >= 15 is 0 Å². The smallest absolute Gasteiger partial charge is 0.339 e. The fourth-order valence-electron chi connectivity index (χ4n) is 2.71. The molecule has 1 aromatic carbocycles. The number of hydrogen-bond acceptors (Lipinski definition) is 6. The zero-order valence-electron chi connectivity index (χ0n) is 15.1. The normalized spacial score (nSPS) is 16.0. The molecule has 28 heavy (non-hydrogen) atoms. The number of fused-ring (bicyclic) bond motifs is 2. The van der Waals surface area contributed by atoms with Gasteiger partial charge in [-0.05, 0) is 49.5 Å². The largest absolute Gasteiger partial charge is 0.478 e. The van der Waals surface area contributed by atoms with Crippen molar-refractivity contribution in [3.05, 3.63) is 46.5 Å². The van der Waals surface area contributed by atoms with Gasteiger partial charge in [-0.15, -0.1) is 0 Å². The van der Waals surface area contributed by atoms with Gasteiger partial charge in [0, 0.05) is 17.7 Å². The zero-order valence-corrected chi connectivity index (χ0v) is 15.1. The van der Waals surface area contributed by atoms with Crippen LogP contribution in [0.2, 0.25) is 0 Å². The number of ether oxygens (including phenoxy) is 2. The summed E-state index contributed by atoms with van der Waals surface area (Å²) >= 11 is 0. The predicted molar refractivity (Wildman–Crippen MR) is 98.8 cm³/mol. The molecule has 1 heterocycles. The third-order valence-electron chi connectivity index (χ3n) is 4.00. The second-order valence-corrected chi connectivity index (χ2v) is 6.02. The van der Waals surface area contributed by atoms with Gasteiger partial charge in [-0.1, -0.05) is 6.07 Å². The third-order valence-corrected chi connectivity index (χ3v) is 4.00. The van der Waals surface area contributed by atoms with E-state index in [1.807, 2.05) is 0 Å². The molecule has 0 aromatic heterocycles. The van der Waals surface area contributed by atoms with Gasteiger partial charge in [-0.25, -0.2) is 19.2 Å². The molecule has 0 unspecified atom stereocenters. The molecule has 2 bridgehead atoms. The number of carbonyl (C=O) groups is 4. The van der Waals surface area contributed by atoms with Gasteiger partial charge in [0.15, 0.2) is 0 Å². The van der Waals surface area contributed by atoms with E-state index in [1.54, 1.807) is 0 Å². The number of esters is 2. The second-order valence-electron chi connectivity index (χ2n) is 6.02. The van der Waals surface area contributed by atoms with E-state index in [2.05, 4.69) is 0 Å². The van der Waals surface area contributed by atoms with E-state index in [1.165, 1.54) is 18.2 Å². The highest BCUT2D eigenvalue weighted by atomic mass is 16.5. The Labute approximate surface area is 161 Å². The van der Waals surface area contributed by atoms with Crippen molar-refractivity contribution in [2.24, 2.45) is 0 Å². The molecule has 0 amide bonds. The average molecular weight is 388 g/mol. The number of aliphatic carboxylic acids is 2. The van der Waals surface area contributed by atoms with Gasteiger partial charge in [0.05, 0.1) is 24.3 Å². The molecule has 148 valence electrons. The molecule has 0 radical (unpaired) electrons. The Balaban J connectivity index is 2.66. The van der Waals surface area contributed by atoms with Crippen LogP contribution in [-0.4, -0.2) is 47.3 Å². The molecule has 0 fully saturated rings. The maximum absolute atomic E-state index is 12.7. The van der Waals surface area contributed by atoms with Crippen molar-refractivity contribution in [3.8, 4) is 0 Å². The van der Waals surface area contributed by atoms with E-state index < -0.39 is 23.9 Å². The topological polar surface area (TPSA) is 127 Å². The van der Waals surface area contributed by atoms with Crippen molar-refractivity contribution >= 4 is 36.0 Å². The predicted octanol–water partition coefficient (Wildman–Crippen LogP) is 2.77. The van der Waals surface area contributed by atoms with Crippen molar-refractivity contribution < 1.29 is 38.9 Å². The summed E-state index contributed by atoms with van der Waals surface area (Å²) in [5.41, 5.74) is 0.0907. The summed E-state index contributed by atoms with van der Waals surface area (Å²) in [6.07, 6.45) is 6.79. The number of carboxylic acid groups (broad SMARTS) is 2. The average Bonchev–Trinajstić information content (AvgIpc) is 2.65. The quantitative estimate of drug-likeness (QED) is 0.595. The van der Waals surface area contributed by atoms with Crippen LogP contribution in [0.3, 0.4) is 0 Å². The SMILES string of the molecule is O=C(O)C=Cc1ccc2c(C=CC(=O)O)c1C(=O)OCCCCCCOC2=O. The number of hydrogen-bond donors (Lipinski definition) is 2. The van der Waals surface area contributed by atoms with Gasteiger partial charge in [-0.2, -0.15) is 0 Å². The Morgan fingerprint density at radius 1 is 0.821 bits per heavy atom. The first-order chi connectivity index (χ1) is 13.4. The summed E-state index contributed by atoms with van der Waals surface area (Å²) in [7, 11) is 0. The van der Waals surface area contributed by atoms with E-state index in [0.717, 1.165) is 31.1 Å². The zero-order chi connectivity index (χ0) is 20.5. The first-order valence-electron chi connectivity index (χ1n) is 8.73. The molecule has 8 nitrogen and oxygen atoms in total. The summed E-state index contributed by atoms with van der Waals surface area (Å²) < 4.78 is 10.5. The van der Waals surface area contributed by atoms with E-state index in [0.29, 0.717) is 12.8 Å². The minimum atomic E-state index is -1.27. The van der Waals surface area contributed by atoms with Crippen molar-refractivity contribution in [2.45, 2.75) is 25.7 Å². The van der Waals surface area contributed by atoms with Crippen molar-refractivity contribution in [2.75, 3.05) is 13.2 Å².